The van der Waals surface area contributed by atoms with Crippen molar-refractivity contribution in [3.63, 3.8) is 0 Å². The van der Waals surface area contributed by atoms with Gasteiger partial charge in [-0.25, -0.2) is 4.98 Å². The second-order valence-electron chi connectivity index (χ2n) is 6.17. The fourth-order valence-corrected chi connectivity index (χ4v) is 3.12. The molecule has 120 valence electrons. The molecule has 6 heteroatoms. The van der Waals surface area contributed by atoms with Crippen LogP contribution in [0.15, 0.2) is 18.3 Å². The van der Waals surface area contributed by atoms with Gasteiger partial charge in [-0.2, -0.15) is 0 Å². The Bertz CT molecular complexity index is 505. The van der Waals surface area contributed by atoms with Gasteiger partial charge in [0.1, 0.15) is 5.82 Å². The van der Waals surface area contributed by atoms with Gasteiger partial charge in [-0.3, -0.25) is 4.79 Å². The Morgan fingerprint density at radius 2 is 1.95 bits per heavy atom. The van der Waals surface area contributed by atoms with E-state index in [0.717, 1.165) is 57.7 Å². The summed E-state index contributed by atoms with van der Waals surface area (Å²) in [5.74, 6) is 0.455. The van der Waals surface area contributed by atoms with Gasteiger partial charge in [-0.05, 0) is 25.0 Å². The van der Waals surface area contributed by atoms with Crippen molar-refractivity contribution in [1.82, 2.24) is 4.98 Å². The molecule has 22 heavy (non-hydrogen) atoms. The number of aromatic nitrogens is 1. The van der Waals surface area contributed by atoms with Crippen LogP contribution in [0.5, 0.6) is 0 Å². The van der Waals surface area contributed by atoms with Gasteiger partial charge in [0.05, 0.1) is 30.6 Å². The molecule has 0 aromatic carbocycles. The highest BCUT2D eigenvalue weighted by Crippen LogP contribution is 2.27. The Balaban J connectivity index is 1.61. The van der Waals surface area contributed by atoms with Crippen LogP contribution < -0.4 is 16.0 Å². The number of pyridine rings is 1. The standard InChI is InChI=1S/C16H24N4O2/c17-16(6-2-1-3-7-16)15(21)19-14-5-4-13(12-18-14)20-8-10-22-11-9-20/h4-5,12H,1-3,6-11,17H2,(H,18,19,21). The largest absolute Gasteiger partial charge is 0.378 e. The highest BCUT2D eigenvalue weighted by Gasteiger charge is 2.35. The molecule has 6 nitrogen and oxygen atoms in total. The molecule has 3 rings (SSSR count). The summed E-state index contributed by atoms with van der Waals surface area (Å²) < 4.78 is 5.34. The average molecular weight is 304 g/mol. The minimum atomic E-state index is -0.733. The molecule has 1 aliphatic carbocycles. The molecule has 2 heterocycles. The summed E-state index contributed by atoms with van der Waals surface area (Å²) in [5, 5.41) is 2.86. The van der Waals surface area contributed by atoms with Crippen LogP contribution in [0.4, 0.5) is 11.5 Å². The van der Waals surface area contributed by atoms with E-state index in [1.165, 1.54) is 6.42 Å². The maximum atomic E-state index is 12.4. The van der Waals surface area contributed by atoms with E-state index in [0.29, 0.717) is 5.82 Å². The number of anilines is 2. The van der Waals surface area contributed by atoms with Crippen molar-refractivity contribution in [2.75, 3.05) is 36.5 Å². The first-order chi connectivity index (χ1) is 10.7. The monoisotopic (exact) mass is 304 g/mol. The number of nitrogens with two attached hydrogens (primary N) is 1. The maximum Gasteiger partial charge on any atom is 0.245 e. The molecule has 1 saturated carbocycles. The third-order valence-electron chi connectivity index (χ3n) is 4.56. The summed E-state index contributed by atoms with van der Waals surface area (Å²) in [4.78, 5) is 19.0. The Morgan fingerprint density at radius 1 is 1.23 bits per heavy atom. The average Bonchev–Trinajstić information content (AvgIpc) is 2.57. The molecule has 1 saturated heterocycles. The van der Waals surface area contributed by atoms with E-state index < -0.39 is 5.54 Å². The van der Waals surface area contributed by atoms with Gasteiger partial charge in [0.2, 0.25) is 5.91 Å². The van der Waals surface area contributed by atoms with Crippen LogP contribution in [0.2, 0.25) is 0 Å². The number of nitrogens with one attached hydrogen (secondary N) is 1. The van der Waals surface area contributed by atoms with Gasteiger partial charge < -0.3 is 20.7 Å². The van der Waals surface area contributed by atoms with Gasteiger partial charge in [0, 0.05) is 13.1 Å². The van der Waals surface area contributed by atoms with E-state index in [-0.39, 0.29) is 5.91 Å². The van der Waals surface area contributed by atoms with Crippen LogP contribution in [0.3, 0.4) is 0 Å². The molecule has 0 bridgehead atoms. The molecule has 0 radical (unpaired) electrons. The van der Waals surface area contributed by atoms with Gasteiger partial charge in [0.25, 0.3) is 0 Å². The van der Waals surface area contributed by atoms with Crippen LogP contribution in [0.1, 0.15) is 32.1 Å². The number of hydrogen-bond donors (Lipinski definition) is 2. The molecule has 3 N–H and O–H groups in total. The summed E-state index contributed by atoms with van der Waals surface area (Å²) in [6.45, 7) is 3.24. The molecule has 0 atom stereocenters. The highest BCUT2D eigenvalue weighted by atomic mass is 16.5. The quantitative estimate of drug-likeness (QED) is 0.885. The topological polar surface area (TPSA) is 80.5 Å². The van der Waals surface area contributed by atoms with Gasteiger partial charge in [0.15, 0.2) is 0 Å². The lowest BCUT2D eigenvalue weighted by Gasteiger charge is -2.31. The maximum absolute atomic E-state index is 12.4. The zero-order valence-electron chi connectivity index (χ0n) is 12.9. The lowest BCUT2D eigenvalue weighted by molar-refractivity contribution is -0.122. The Hall–Kier alpha value is -1.66. The van der Waals surface area contributed by atoms with E-state index in [2.05, 4.69) is 15.2 Å². The number of rotatable bonds is 3. The zero-order chi connectivity index (χ0) is 15.4. The molecular weight excluding hydrogens is 280 g/mol. The van der Waals surface area contributed by atoms with Crippen molar-refractivity contribution in [3.8, 4) is 0 Å². The van der Waals surface area contributed by atoms with Crippen molar-refractivity contribution in [2.24, 2.45) is 5.73 Å². The van der Waals surface area contributed by atoms with Gasteiger partial charge >= 0.3 is 0 Å². The number of carbonyl (C=O) groups excluding carboxylic acids is 1. The minimum Gasteiger partial charge on any atom is -0.378 e. The third kappa shape index (κ3) is 3.39. The molecule has 1 aliphatic heterocycles. The van der Waals surface area contributed by atoms with E-state index in [1.807, 2.05) is 12.1 Å². The predicted octanol–water partition coefficient (Wildman–Crippen LogP) is 1.52. The van der Waals surface area contributed by atoms with Crippen molar-refractivity contribution in [2.45, 2.75) is 37.6 Å². The third-order valence-corrected chi connectivity index (χ3v) is 4.56. The van der Waals surface area contributed by atoms with E-state index in [1.54, 1.807) is 6.20 Å². The SMILES string of the molecule is NC1(C(=O)Nc2ccc(N3CCOCC3)cn2)CCCCC1. The predicted molar refractivity (Wildman–Crippen MR) is 85.9 cm³/mol. The number of ether oxygens (including phenoxy) is 1. The number of carbonyl (C=O) groups is 1. The normalized spacial score (nSPS) is 21.4. The second kappa shape index (κ2) is 6.62. The molecular formula is C16H24N4O2. The summed E-state index contributed by atoms with van der Waals surface area (Å²) in [6.07, 6.45) is 6.51. The molecule has 1 aromatic heterocycles. The van der Waals surface area contributed by atoms with E-state index >= 15 is 0 Å². The van der Waals surface area contributed by atoms with Crippen LogP contribution in [0, 0.1) is 0 Å². The van der Waals surface area contributed by atoms with Crippen LogP contribution in [0.25, 0.3) is 0 Å². The fourth-order valence-electron chi connectivity index (χ4n) is 3.12. The number of hydrogen-bond acceptors (Lipinski definition) is 5. The first-order valence-electron chi connectivity index (χ1n) is 8.06. The Labute approximate surface area is 131 Å². The highest BCUT2D eigenvalue weighted by molar-refractivity contribution is 5.97. The van der Waals surface area contributed by atoms with Crippen molar-refractivity contribution >= 4 is 17.4 Å². The lowest BCUT2D eigenvalue weighted by Crippen LogP contribution is -2.52. The summed E-state index contributed by atoms with van der Waals surface area (Å²) >= 11 is 0. The van der Waals surface area contributed by atoms with Crippen LogP contribution in [-0.2, 0) is 9.53 Å². The second-order valence-corrected chi connectivity index (χ2v) is 6.17. The summed E-state index contributed by atoms with van der Waals surface area (Å²) in [6, 6.07) is 3.83. The summed E-state index contributed by atoms with van der Waals surface area (Å²) in [7, 11) is 0. The van der Waals surface area contributed by atoms with Crippen molar-refractivity contribution < 1.29 is 9.53 Å². The molecule has 1 amide bonds. The smallest absolute Gasteiger partial charge is 0.245 e. The van der Waals surface area contributed by atoms with E-state index in [4.69, 9.17) is 10.5 Å². The number of amides is 1. The minimum absolute atomic E-state index is 0.112. The van der Waals surface area contributed by atoms with Crippen LogP contribution >= 0.6 is 0 Å². The van der Waals surface area contributed by atoms with E-state index in [9.17, 15) is 4.79 Å². The molecule has 2 aliphatic rings. The Kier molecular flexibility index (Phi) is 4.59. The number of morpholine rings is 1. The van der Waals surface area contributed by atoms with Gasteiger partial charge in [-0.1, -0.05) is 19.3 Å². The van der Waals surface area contributed by atoms with Crippen LogP contribution in [-0.4, -0.2) is 42.7 Å². The van der Waals surface area contributed by atoms with Crippen molar-refractivity contribution in [1.29, 1.82) is 0 Å². The summed E-state index contributed by atoms with van der Waals surface area (Å²) in [5.41, 5.74) is 6.56. The lowest BCUT2D eigenvalue weighted by atomic mass is 9.82. The zero-order valence-corrected chi connectivity index (χ0v) is 12.9. The molecule has 0 spiro atoms. The molecule has 0 unspecified atom stereocenters. The van der Waals surface area contributed by atoms with Gasteiger partial charge in [-0.15, -0.1) is 0 Å². The fraction of sp³-hybridized carbons (Fsp3) is 0.625. The molecule has 1 aromatic rings. The number of nitrogens with zero attached hydrogens (tertiary/aromatic N) is 2. The first kappa shape index (κ1) is 15.2. The molecule has 2 fully saturated rings. The Morgan fingerprint density at radius 3 is 2.59 bits per heavy atom. The first-order valence-corrected chi connectivity index (χ1v) is 8.06. The van der Waals surface area contributed by atoms with Crippen molar-refractivity contribution in [3.05, 3.63) is 18.3 Å².